The summed E-state index contributed by atoms with van der Waals surface area (Å²) >= 11 is 10.3. The monoisotopic (exact) mass is 398 g/mol. The van der Waals surface area contributed by atoms with Crippen LogP contribution in [0.1, 0.15) is 0 Å². The molecule has 0 bridgehead atoms. The number of alkyl halides is 2. The number of rotatable bonds is 5. The van der Waals surface area contributed by atoms with Crippen molar-refractivity contribution in [2.24, 2.45) is 0 Å². The third-order valence-corrected chi connectivity index (χ3v) is 3.36. The van der Waals surface area contributed by atoms with Crippen LogP contribution in [-0.2, 0) is 0 Å². The molecule has 2 aromatic carbocycles. The lowest BCUT2D eigenvalue weighted by molar-refractivity contribution is -0.0498. The molecule has 0 atom stereocenters. The van der Waals surface area contributed by atoms with Gasteiger partial charge in [0.05, 0.1) is 7.11 Å². The topological polar surface area (TPSA) is 66.6 Å². The van der Waals surface area contributed by atoms with Crippen molar-refractivity contribution in [2.75, 3.05) is 17.7 Å². The lowest BCUT2D eigenvalue weighted by Crippen LogP contribution is -2.45. The molecule has 0 heterocycles. The summed E-state index contributed by atoms with van der Waals surface area (Å²) in [5.74, 6) is 0.758. The molecule has 0 fully saturated rings. The summed E-state index contributed by atoms with van der Waals surface area (Å²) < 4.78 is 33.6. The van der Waals surface area contributed by atoms with Crippen LogP contribution in [0.2, 0.25) is 0 Å². The van der Waals surface area contributed by atoms with Crippen LogP contribution in [0.5, 0.6) is 11.5 Å². The molecule has 0 saturated heterocycles. The highest BCUT2D eigenvalue weighted by atomic mass is 32.1. The molecule has 10 heteroatoms. The van der Waals surface area contributed by atoms with Crippen LogP contribution < -0.4 is 31.0 Å². The second-order valence-electron chi connectivity index (χ2n) is 4.79. The summed E-state index contributed by atoms with van der Waals surface area (Å²) in [6, 6.07) is 13.2. The molecule has 138 valence electrons. The Morgan fingerprint density at radius 1 is 0.885 bits per heavy atom. The molecule has 0 aliphatic heterocycles. The van der Waals surface area contributed by atoms with Gasteiger partial charge >= 0.3 is 6.61 Å². The highest BCUT2D eigenvalue weighted by Crippen LogP contribution is 2.18. The number of ether oxygens (including phenoxy) is 2. The fourth-order valence-corrected chi connectivity index (χ4v) is 2.20. The van der Waals surface area contributed by atoms with E-state index in [4.69, 9.17) is 29.2 Å². The molecule has 0 radical (unpaired) electrons. The number of anilines is 2. The van der Waals surface area contributed by atoms with E-state index in [1.165, 1.54) is 12.1 Å². The molecule has 0 unspecified atom stereocenters. The van der Waals surface area contributed by atoms with Gasteiger partial charge in [-0.1, -0.05) is 6.07 Å². The minimum absolute atomic E-state index is 0.0613. The third kappa shape index (κ3) is 6.65. The maximum atomic E-state index is 12.1. The van der Waals surface area contributed by atoms with Gasteiger partial charge in [0.1, 0.15) is 11.5 Å². The number of benzene rings is 2. The van der Waals surface area contributed by atoms with E-state index in [1.54, 1.807) is 25.3 Å². The van der Waals surface area contributed by atoms with Gasteiger partial charge in [0.25, 0.3) is 0 Å². The number of methoxy groups -OCH3 is 1. The van der Waals surface area contributed by atoms with Crippen molar-refractivity contribution < 1.29 is 18.3 Å². The van der Waals surface area contributed by atoms with E-state index in [2.05, 4.69) is 26.2 Å². The van der Waals surface area contributed by atoms with Gasteiger partial charge in [0.15, 0.2) is 10.2 Å². The lowest BCUT2D eigenvalue weighted by Gasteiger charge is -2.15. The zero-order valence-corrected chi connectivity index (χ0v) is 15.2. The third-order valence-electron chi connectivity index (χ3n) is 2.95. The van der Waals surface area contributed by atoms with Crippen molar-refractivity contribution >= 4 is 46.0 Å². The summed E-state index contributed by atoms with van der Waals surface area (Å²) in [6.45, 7) is -2.86. The van der Waals surface area contributed by atoms with Gasteiger partial charge in [-0.15, -0.1) is 0 Å². The highest BCUT2D eigenvalue weighted by Gasteiger charge is 2.05. The molecule has 2 rings (SSSR count). The van der Waals surface area contributed by atoms with E-state index in [-0.39, 0.29) is 10.9 Å². The van der Waals surface area contributed by atoms with E-state index in [9.17, 15) is 8.78 Å². The molecule has 0 saturated carbocycles. The Balaban J connectivity index is 1.77. The maximum absolute atomic E-state index is 12.1. The normalized spacial score (nSPS) is 10.0. The quantitative estimate of drug-likeness (QED) is 0.451. The van der Waals surface area contributed by atoms with E-state index >= 15 is 0 Å². The Bertz CT molecular complexity index is 760. The first kappa shape index (κ1) is 19.6. The molecule has 0 spiro atoms. The SMILES string of the molecule is COc1cccc(NC(=S)NNC(=S)Nc2ccc(OC(F)F)cc2)c1. The van der Waals surface area contributed by atoms with Crippen molar-refractivity contribution in [1.29, 1.82) is 0 Å². The molecule has 2 aromatic rings. The number of hydrogen-bond donors (Lipinski definition) is 4. The van der Waals surface area contributed by atoms with Gasteiger partial charge in [0.2, 0.25) is 0 Å². The van der Waals surface area contributed by atoms with Gasteiger partial charge in [-0.25, -0.2) is 0 Å². The smallest absolute Gasteiger partial charge is 0.387 e. The fourth-order valence-electron chi connectivity index (χ4n) is 1.86. The molecular weight excluding hydrogens is 382 g/mol. The number of hydrogen-bond acceptors (Lipinski definition) is 4. The van der Waals surface area contributed by atoms with Crippen LogP contribution in [0, 0.1) is 0 Å². The van der Waals surface area contributed by atoms with Crippen molar-refractivity contribution in [3.8, 4) is 11.5 Å². The van der Waals surface area contributed by atoms with E-state index in [0.717, 1.165) is 5.69 Å². The lowest BCUT2D eigenvalue weighted by atomic mass is 10.3. The average Bonchev–Trinajstić information content (AvgIpc) is 2.61. The van der Waals surface area contributed by atoms with Gasteiger partial charge in [-0.05, 0) is 60.8 Å². The Hall–Kier alpha value is -2.72. The summed E-state index contributed by atoms with van der Waals surface area (Å²) in [7, 11) is 1.58. The number of halogens is 2. The van der Waals surface area contributed by atoms with Gasteiger partial charge in [-0.3, -0.25) is 10.9 Å². The molecule has 0 aliphatic carbocycles. The second-order valence-corrected chi connectivity index (χ2v) is 5.61. The summed E-state index contributed by atoms with van der Waals surface area (Å²) in [5.41, 5.74) is 6.78. The first-order valence-electron chi connectivity index (χ1n) is 7.29. The van der Waals surface area contributed by atoms with Gasteiger partial charge < -0.3 is 20.1 Å². The molecule has 0 amide bonds. The van der Waals surface area contributed by atoms with Crippen LogP contribution >= 0.6 is 24.4 Å². The van der Waals surface area contributed by atoms with Crippen LogP contribution in [0.4, 0.5) is 20.2 Å². The Labute approximate surface area is 159 Å². The van der Waals surface area contributed by atoms with Crippen LogP contribution in [0.25, 0.3) is 0 Å². The first-order chi connectivity index (χ1) is 12.5. The Morgan fingerprint density at radius 3 is 2.08 bits per heavy atom. The summed E-state index contributed by atoms with van der Waals surface area (Å²) in [5, 5.41) is 6.36. The minimum atomic E-state index is -2.86. The minimum Gasteiger partial charge on any atom is -0.497 e. The Morgan fingerprint density at radius 2 is 1.50 bits per heavy atom. The molecule has 0 aromatic heterocycles. The molecule has 6 nitrogen and oxygen atoms in total. The number of nitrogens with one attached hydrogen (secondary N) is 4. The van der Waals surface area contributed by atoms with Crippen LogP contribution in [-0.4, -0.2) is 23.9 Å². The second kappa shape index (κ2) is 9.68. The molecule has 0 aliphatic rings. The van der Waals surface area contributed by atoms with Crippen molar-refractivity contribution in [2.45, 2.75) is 6.61 Å². The maximum Gasteiger partial charge on any atom is 0.387 e. The van der Waals surface area contributed by atoms with Crippen molar-refractivity contribution in [3.05, 3.63) is 48.5 Å². The van der Waals surface area contributed by atoms with Gasteiger partial charge in [0, 0.05) is 17.4 Å². The number of thiocarbonyl (C=S) groups is 2. The van der Waals surface area contributed by atoms with Crippen LogP contribution in [0.15, 0.2) is 48.5 Å². The van der Waals surface area contributed by atoms with E-state index in [1.807, 2.05) is 18.2 Å². The van der Waals surface area contributed by atoms with Crippen molar-refractivity contribution in [3.63, 3.8) is 0 Å². The molecule has 4 N–H and O–H groups in total. The van der Waals surface area contributed by atoms with Crippen molar-refractivity contribution in [1.82, 2.24) is 10.9 Å². The highest BCUT2D eigenvalue weighted by molar-refractivity contribution is 7.81. The largest absolute Gasteiger partial charge is 0.497 e. The van der Waals surface area contributed by atoms with Gasteiger partial charge in [-0.2, -0.15) is 8.78 Å². The van der Waals surface area contributed by atoms with Crippen LogP contribution in [0.3, 0.4) is 0 Å². The molecule has 26 heavy (non-hydrogen) atoms. The first-order valence-corrected chi connectivity index (χ1v) is 8.11. The van der Waals surface area contributed by atoms with E-state index in [0.29, 0.717) is 16.5 Å². The number of hydrazine groups is 1. The average molecular weight is 398 g/mol. The fraction of sp³-hybridized carbons (Fsp3) is 0.125. The summed E-state index contributed by atoms with van der Waals surface area (Å²) in [4.78, 5) is 0. The zero-order valence-electron chi connectivity index (χ0n) is 13.6. The standard InChI is InChI=1S/C16H16F2N4O2S2/c1-23-13-4-2-3-11(9-13)20-16(26)22-21-15(25)19-10-5-7-12(8-6-10)24-14(17)18/h2-9,14H,1H3,(H2,19,21,25)(H2,20,22,26). The zero-order chi connectivity index (χ0) is 18.9. The molecular formula is C16H16F2N4O2S2. The predicted octanol–water partition coefficient (Wildman–Crippen LogP) is 3.48. The van der Waals surface area contributed by atoms with E-state index < -0.39 is 6.61 Å². The predicted molar refractivity (Wildman–Crippen MR) is 105 cm³/mol. The Kier molecular flexibility index (Phi) is 7.30. The summed E-state index contributed by atoms with van der Waals surface area (Å²) in [6.07, 6.45) is 0.